The van der Waals surface area contributed by atoms with E-state index in [4.69, 9.17) is 5.73 Å². The van der Waals surface area contributed by atoms with Crippen LogP contribution >= 0.6 is 0 Å². The average Bonchev–Trinajstić information content (AvgIpc) is 2.38. The molecule has 0 aromatic rings. The molecule has 1 aliphatic heterocycles. The van der Waals surface area contributed by atoms with E-state index in [1.807, 2.05) is 13.8 Å². The van der Waals surface area contributed by atoms with Crippen LogP contribution in [0.3, 0.4) is 0 Å². The third-order valence-electron chi connectivity index (χ3n) is 4.04. The lowest BCUT2D eigenvalue weighted by Gasteiger charge is -2.52. The summed E-state index contributed by atoms with van der Waals surface area (Å²) in [6.07, 6.45) is 3.85. The Bertz CT molecular complexity index is 166. The van der Waals surface area contributed by atoms with Gasteiger partial charge in [0.25, 0.3) is 0 Å². The van der Waals surface area contributed by atoms with E-state index in [1.165, 1.54) is 25.8 Å². The van der Waals surface area contributed by atoms with Gasteiger partial charge in [-0.1, -0.05) is 68.2 Å². The van der Waals surface area contributed by atoms with E-state index in [0.29, 0.717) is 6.04 Å². The smallest absolute Gasteiger partial charge is 0.0137 e. The van der Waals surface area contributed by atoms with Gasteiger partial charge in [-0.25, -0.2) is 0 Å². The highest BCUT2D eigenvalue weighted by Crippen LogP contribution is 2.32. The molecule has 0 aromatic heterocycles. The quantitative estimate of drug-likeness (QED) is 0.780. The minimum Gasteiger partial charge on any atom is -0.327 e. The number of nitrogens with two attached hydrogens (primary N) is 1. The molecule has 0 radical (unpaired) electrons. The molecule has 1 aliphatic carbocycles. The lowest BCUT2D eigenvalue weighted by Crippen LogP contribution is -2.69. The molecule has 2 aliphatic rings. The predicted molar refractivity (Wildman–Crippen MR) is 89.5 cm³/mol. The summed E-state index contributed by atoms with van der Waals surface area (Å²) >= 11 is 0. The maximum atomic E-state index is 5.62. The van der Waals surface area contributed by atoms with Gasteiger partial charge >= 0.3 is 0 Å². The van der Waals surface area contributed by atoms with Crippen LogP contribution in [-0.4, -0.2) is 18.6 Å². The molecule has 1 saturated carbocycles. The van der Waals surface area contributed by atoms with Gasteiger partial charge in [0.1, 0.15) is 0 Å². The van der Waals surface area contributed by atoms with Gasteiger partial charge in [0.05, 0.1) is 0 Å². The topological polar surface area (TPSA) is 38.0 Å². The lowest BCUT2D eigenvalue weighted by atomic mass is 9.69. The minimum atomic E-state index is 0.534. The Hall–Kier alpha value is -0.0800. The van der Waals surface area contributed by atoms with Crippen molar-refractivity contribution < 1.29 is 0 Å². The van der Waals surface area contributed by atoms with Crippen LogP contribution in [0.5, 0.6) is 0 Å². The van der Waals surface area contributed by atoms with Gasteiger partial charge in [-0.2, -0.15) is 0 Å². The molecule has 0 amide bonds. The monoisotopic (exact) mass is 272 g/mol. The third-order valence-corrected chi connectivity index (χ3v) is 4.04. The first-order valence-corrected chi connectivity index (χ1v) is 8.42. The molecule has 0 aromatic carbocycles. The van der Waals surface area contributed by atoms with Crippen LogP contribution in [0.25, 0.3) is 0 Å². The fraction of sp³-hybridized carbons (Fsp3) is 1.00. The van der Waals surface area contributed by atoms with Crippen molar-refractivity contribution in [1.29, 1.82) is 0 Å². The molecule has 2 heteroatoms. The molecule has 3 N–H and O–H groups in total. The molecule has 3 unspecified atom stereocenters. The largest absolute Gasteiger partial charge is 0.327 e. The summed E-state index contributed by atoms with van der Waals surface area (Å²) < 4.78 is 0. The number of hydrogen-bond acceptors (Lipinski definition) is 2. The molecule has 0 spiro atoms. The molecular weight excluding hydrogens is 232 g/mol. The first kappa shape index (κ1) is 21.2. The van der Waals surface area contributed by atoms with E-state index in [-0.39, 0.29) is 0 Å². The first-order chi connectivity index (χ1) is 8.93. The number of nitrogens with one attached hydrogen (secondary N) is 1. The number of fused-ring (bicyclic) bond motifs is 1. The van der Waals surface area contributed by atoms with Crippen molar-refractivity contribution >= 4 is 0 Å². The second kappa shape index (κ2) is 12.9. The number of rotatable bonds is 2. The molecular formula is C17H40N2. The summed E-state index contributed by atoms with van der Waals surface area (Å²) in [7, 11) is 0. The Morgan fingerprint density at radius 1 is 1.00 bits per heavy atom. The van der Waals surface area contributed by atoms with Crippen LogP contribution < -0.4 is 11.1 Å². The van der Waals surface area contributed by atoms with Gasteiger partial charge in [0.2, 0.25) is 0 Å². The zero-order chi connectivity index (χ0) is 15.4. The number of piperidine rings is 1. The Balaban J connectivity index is 0. The van der Waals surface area contributed by atoms with Crippen LogP contribution in [0.15, 0.2) is 0 Å². The molecule has 0 bridgehead atoms. The standard InChI is InChI=1S/C6H14.C5H10N2.C4H10.C2H6/c1-5(2)6(3)4;6-4-1-5-3(4)2-7-5;1-3-4-2;1-2/h5-6H,1-4H3;3-5,7H,1-2,6H2;3-4H2,1-2H3;1-2H3. The van der Waals surface area contributed by atoms with Gasteiger partial charge in [-0.3, -0.25) is 0 Å². The minimum absolute atomic E-state index is 0.534. The second-order valence-electron chi connectivity index (χ2n) is 6.07. The summed E-state index contributed by atoms with van der Waals surface area (Å²) in [6.45, 7) is 18.5. The summed E-state index contributed by atoms with van der Waals surface area (Å²) in [4.78, 5) is 0. The van der Waals surface area contributed by atoms with Crippen molar-refractivity contribution in [2.24, 2.45) is 23.5 Å². The fourth-order valence-electron chi connectivity index (χ4n) is 1.40. The lowest BCUT2D eigenvalue weighted by molar-refractivity contribution is 0.0790. The van der Waals surface area contributed by atoms with E-state index in [9.17, 15) is 0 Å². The second-order valence-corrected chi connectivity index (χ2v) is 6.07. The predicted octanol–water partition coefficient (Wildman–Crippen LogP) is 4.44. The van der Waals surface area contributed by atoms with Crippen LogP contribution in [0.4, 0.5) is 0 Å². The zero-order valence-electron chi connectivity index (χ0n) is 14.8. The number of hydrogen-bond donors (Lipinski definition) is 2. The highest BCUT2D eigenvalue weighted by molar-refractivity contribution is 5.05. The molecule has 1 saturated heterocycles. The van der Waals surface area contributed by atoms with Crippen LogP contribution in [-0.2, 0) is 0 Å². The van der Waals surface area contributed by atoms with Gasteiger partial charge < -0.3 is 11.1 Å². The van der Waals surface area contributed by atoms with Gasteiger partial charge in [-0.15, -0.1) is 0 Å². The fourth-order valence-corrected chi connectivity index (χ4v) is 1.40. The Labute approximate surface area is 122 Å². The summed E-state index contributed by atoms with van der Waals surface area (Å²) in [5, 5.41) is 3.30. The first-order valence-electron chi connectivity index (χ1n) is 8.42. The van der Waals surface area contributed by atoms with Crippen molar-refractivity contribution in [1.82, 2.24) is 5.32 Å². The number of unbranched alkanes of at least 4 members (excludes halogenated alkanes) is 1. The van der Waals surface area contributed by atoms with E-state index < -0.39 is 0 Å². The molecule has 2 nitrogen and oxygen atoms in total. The third kappa shape index (κ3) is 9.45. The van der Waals surface area contributed by atoms with Crippen LogP contribution in [0, 0.1) is 17.8 Å². The molecule has 2 fully saturated rings. The van der Waals surface area contributed by atoms with E-state index in [1.54, 1.807) is 0 Å². The van der Waals surface area contributed by atoms with Gasteiger partial charge in [-0.05, 0) is 18.3 Å². The Morgan fingerprint density at radius 2 is 1.42 bits per heavy atom. The maximum absolute atomic E-state index is 5.62. The molecule has 3 atom stereocenters. The SMILES string of the molecule is CC.CC(C)C(C)C.CCCC.NC1CC2NCC12. The maximum Gasteiger partial charge on any atom is 0.0137 e. The average molecular weight is 273 g/mol. The summed E-state index contributed by atoms with van der Waals surface area (Å²) in [6, 6.07) is 1.35. The van der Waals surface area contributed by atoms with Crippen molar-refractivity contribution in [3.05, 3.63) is 0 Å². The Kier molecular flexibility index (Phi) is 14.4. The molecule has 2 rings (SSSR count). The molecule has 19 heavy (non-hydrogen) atoms. The van der Waals surface area contributed by atoms with E-state index in [2.05, 4.69) is 46.9 Å². The highest BCUT2D eigenvalue weighted by atomic mass is 15.1. The Morgan fingerprint density at radius 3 is 1.42 bits per heavy atom. The summed E-state index contributed by atoms with van der Waals surface area (Å²) in [5.74, 6) is 2.55. The molecule has 118 valence electrons. The van der Waals surface area contributed by atoms with Crippen molar-refractivity contribution in [3.63, 3.8) is 0 Å². The van der Waals surface area contributed by atoms with Crippen molar-refractivity contribution in [2.75, 3.05) is 6.54 Å². The molecule has 1 heterocycles. The van der Waals surface area contributed by atoms with Crippen LogP contribution in [0.2, 0.25) is 0 Å². The van der Waals surface area contributed by atoms with Gasteiger partial charge in [0.15, 0.2) is 0 Å². The normalized spacial score (nSPS) is 26.4. The van der Waals surface area contributed by atoms with E-state index >= 15 is 0 Å². The van der Waals surface area contributed by atoms with Crippen LogP contribution in [0.1, 0.15) is 74.7 Å². The zero-order valence-corrected chi connectivity index (χ0v) is 14.8. The van der Waals surface area contributed by atoms with Crippen molar-refractivity contribution in [2.45, 2.75) is 86.7 Å². The van der Waals surface area contributed by atoms with Crippen molar-refractivity contribution in [3.8, 4) is 0 Å². The summed E-state index contributed by atoms with van der Waals surface area (Å²) in [5.41, 5.74) is 5.62. The van der Waals surface area contributed by atoms with Gasteiger partial charge in [0, 0.05) is 24.5 Å². The van der Waals surface area contributed by atoms with E-state index in [0.717, 1.165) is 23.8 Å². The highest BCUT2D eigenvalue weighted by Gasteiger charge is 2.44.